The minimum atomic E-state index is 0.145. The van der Waals surface area contributed by atoms with Crippen LogP contribution in [0.1, 0.15) is 26.3 Å². The molecule has 17 heavy (non-hydrogen) atoms. The van der Waals surface area contributed by atoms with Crippen LogP contribution in [0, 0.1) is 6.92 Å². The molecule has 0 amide bonds. The van der Waals surface area contributed by atoms with Crippen LogP contribution in [0.2, 0.25) is 0 Å². The Labute approximate surface area is 104 Å². The maximum Gasteiger partial charge on any atom is 0.169 e. The first-order valence-electron chi connectivity index (χ1n) is 6.06. The predicted molar refractivity (Wildman–Crippen MR) is 71.8 cm³/mol. The summed E-state index contributed by atoms with van der Waals surface area (Å²) in [6.07, 6.45) is 4.30. The second-order valence-corrected chi connectivity index (χ2v) is 5.53. The SMILES string of the molecule is Cc1ccc(-c2cc[n+](C(C)(C)C)cc2)cc1. The van der Waals surface area contributed by atoms with Gasteiger partial charge in [-0.1, -0.05) is 29.8 Å². The largest absolute Gasteiger partial charge is 0.201 e. The Morgan fingerprint density at radius 2 is 1.24 bits per heavy atom. The van der Waals surface area contributed by atoms with E-state index in [2.05, 4.69) is 81.1 Å². The molecule has 0 radical (unpaired) electrons. The minimum absolute atomic E-state index is 0.145. The van der Waals surface area contributed by atoms with Crippen LogP contribution in [0.25, 0.3) is 11.1 Å². The molecule has 0 saturated heterocycles. The minimum Gasteiger partial charge on any atom is -0.201 e. The van der Waals surface area contributed by atoms with Gasteiger partial charge in [0.05, 0.1) is 0 Å². The number of benzene rings is 1. The number of aryl methyl sites for hydroxylation is 1. The van der Waals surface area contributed by atoms with Gasteiger partial charge in [0.15, 0.2) is 17.9 Å². The van der Waals surface area contributed by atoms with Gasteiger partial charge in [0.2, 0.25) is 0 Å². The van der Waals surface area contributed by atoms with Crippen molar-refractivity contribution in [1.29, 1.82) is 0 Å². The van der Waals surface area contributed by atoms with Gasteiger partial charge in [-0.05, 0) is 18.1 Å². The normalized spacial score (nSPS) is 11.5. The first-order valence-corrected chi connectivity index (χ1v) is 6.06. The summed E-state index contributed by atoms with van der Waals surface area (Å²) in [4.78, 5) is 0. The lowest BCUT2D eigenvalue weighted by Gasteiger charge is -2.13. The van der Waals surface area contributed by atoms with Crippen molar-refractivity contribution in [2.45, 2.75) is 33.2 Å². The van der Waals surface area contributed by atoms with Crippen molar-refractivity contribution in [2.75, 3.05) is 0 Å². The summed E-state index contributed by atoms with van der Waals surface area (Å²) in [6.45, 7) is 8.73. The molecule has 0 bridgehead atoms. The molecular weight excluding hydrogens is 206 g/mol. The van der Waals surface area contributed by atoms with Gasteiger partial charge in [-0.15, -0.1) is 0 Å². The quantitative estimate of drug-likeness (QED) is 0.653. The summed E-state index contributed by atoms with van der Waals surface area (Å²) in [5.74, 6) is 0. The smallest absolute Gasteiger partial charge is 0.169 e. The molecule has 0 aliphatic heterocycles. The fraction of sp³-hybridized carbons (Fsp3) is 0.312. The Balaban J connectivity index is 2.33. The fourth-order valence-electron chi connectivity index (χ4n) is 1.81. The maximum atomic E-state index is 2.23. The molecule has 0 atom stereocenters. The highest BCUT2D eigenvalue weighted by Crippen LogP contribution is 2.18. The van der Waals surface area contributed by atoms with Gasteiger partial charge < -0.3 is 0 Å². The number of rotatable bonds is 1. The monoisotopic (exact) mass is 226 g/mol. The van der Waals surface area contributed by atoms with E-state index in [1.165, 1.54) is 16.7 Å². The van der Waals surface area contributed by atoms with Crippen molar-refractivity contribution in [1.82, 2.24) is 0 Å². The van der Waals surface area contributed by atoms with Gasteiger partial charge in [0.1, 0.15) is 0 Å². The molecule has 1 heteroatoms. The highest BCUT2D eigenvalue weighted by Gasteiger charge is 2.20. The van der Waals surface area contributed by atoms with Crippen molar-refractivity contribution in [2.24, 2.45) is 0 Å². The Bertz CT molecular complexity index is 487. The van der Waals surface area contributed by atoms with E-state index in [0.29, 0.717) is 0 Å². The molecule has 1 nitrogen and oxygen atoms in total. The second-order valence-electron chi connectivity index (χ2n) is 5.53. The van der Waals surface area contributed by atoms with Gasteiger partial charge in [0, 0.05) is 32.9 Å². The predicted octanol–water partition coefficient (Wildman–Crippen LogP) is 3.70. The number of pyridine rings is 1. The van der Waals surface area contributed by atoms with Gasteiger partial charge in [-0.3, -0.25) is 0 Å². The maximum absolute atomic E-state index is 2.23. The van der Waals surface area contributed by atoms with Crippen LogP contribution in [0.3, 0.4) is 0 Å². The van der Waals surface area contributed by atoms with Crippen molar-refractivity contribution in [3.8, 4) is 11.1 Å². The molecule has 1 heterocycles. The third-order valence-electron chi connectivity index (χ3n) is 2.99. The van der Waals surface area contributed by atoms with Crippen LogP contribution < -0.4 is 4.57 Å². The highest BCUT2D eigenvalue weighted by molar-refractivity contribution is 5.62. The van der Waals surface area contributed by atoms with Gasteiger partial charge >= 0.3 is 0 Å². The number of hydrogen-bond donors (Lipinski definition) is 0. The molecule has 0 saturated carbocycles. The Morgan fingerprint density at radius 3 is 1.71 bits per heavy atom. The molecule has 0 fully saturated rings. The number of hydrogen-bond acceptors (Lipinski definition) is 0. The lowest BCUT2D eigenvalue weighted by atomic mass is 10.0. The molecule has 0 aliphatic carbocycles. The topological polar surface area (TPSA) is 3.88 Å². The third kappa shape index (κ3) is 2.73. The van der Waals surface area contributed by atoms with Crippen LogP contribution in [0.15, 0.2) is 48.8 Å². The van der Waals surface area contributed by atoms with E-state index in [0.717, 1.165) is 0 Å². The number of aromatic nitrogens is 1. The molecule has 0 N–H and O–H groups in total. The van der Waals surface area contributed by atoms with E-state index in [4.69, 9.17) is 0 Å². The standard InChI is InChI=1S/C16H20N/c1-13-5-7-14(8-6-13)15-9-11-17(12-10-15)16(2,3)4/h5-12H,1-4H3/q+1. The molecule has 88 valence electrons. The molecule has 1 aromatic carbocycles. The summed E-state index contributed by atoms with van der Waals surface area (Å²) in [5, 5.41) is 0. The highest BCUT2D eigenvalue weighted by atomic mass is 15.0. The van der Waals surface area contributed by atoms with E-state index in [9.17, 15) is 0 Å². The average Bonchev–Trinajstić information content (AvgIpc) is 2.29. The summed E-state index contributed by atoms with van der Waals surface area (Å²) >= 11 is 0. The summed E-state index contributed by atoms with van der Waals surface area (Å²) < 4.78 is 2.23. The molecule has 2 rings (SSSR count). The summed E-state index contributed by atoms with van der Waals surface area (Å²) in [7, 11) is 0. The van der Waals surface area contributed by atoms with Crippen LogP contribution in [-0.4, -0.2) is 0 Å². The van der Waals surface area contributed by atoms with Crippen molar-refractivity contribution >= 4 is 0 Å². The van der Waals surface area contributed by atoms with E-state index < -0.39 is 0 Å². The first-order chi connectivity index (χ1) is 7.97. The van der Waals surface area contributed by atoms with E-state index >= 15 is 0 Å². The average molecular weight is 226 g/mol. The number of nitrogens with zero attached hydrogens (tertiary/aromatic N) is 1. The van der Waals surface area contributed by atoms with Crippen LogP contribution in [0.5, 0.6) is 0 Å². The summed E-state index contributed by atoms with van der Waals surface area (Å²) in [5.41, 5.74) is 3.99. The van der Waals surface area contributed by atoms with E-state index in [-0.39, 0.29) is 5.54 Å². The zero-order chi connectivity index (χ0) is 12.5. The Kier molecular flexibility index (Phi) is 3.01. The fourth-order valence-corrected chi connectivity index (χ4v) is 1.81. The molecule has 2 aromatic rings. The second kappa shape index (κ2) is 4.33. The van der Waals surface area contributed by atoms with E-state index in [1.54, 1.807) is 0 Å². The zero-order valence-electron chi connectivity index (χ0n) is 11.1. The van der Waals surface area contributed by atoms with Crippen molar-refractivity contribution in [3.63, 3.8) is 0 Å². The van der Waals surface area contributed by atoms with Gasteiger partial charge in [0.25, 0.3) is 0 Å². The lowest BCUT2D eigenvalue weighted by molar-refractivity contribution is -0.754. The summed E-state index contributed by atoms with van der Waals surface area (Å²) in [6, 6.07) is 13.0. The first kappa shape index (κ1) is 11.8. The van der Waals surface area contributed by atoms with Crippen molar-refractivity contribution < 1.29 is 4.57 Å². The Hall–Kier alpha value is -1.63. The molecule has 1 aromatic heterocycles. The van der Waals surface area contributed by atoms with Crippen molar-refractivity contribution in [3.05, 3.63) is 54.4 Å². The zero-order valence-corrected chi connectivity index (χ0v) is 11.1. The van der Waals surface area contributed by atoms with Crippen LogP contribution in [-0.2, 0) is 5.54 Å². The third-order valence-corrected chi connectivity index (χ3v) is 2.99. The molecule has 0 aliphatic rings. The van der Waals surface area contributed by atoms with Gasteiger partial charge in [-0.2, -0.15) is 0 Å². The molecule has 0 spiro atoms. The molecule has 0 unspecified atom stereocenters. The van der Waals surface area contributed by atoms with Crippen LogP contribution in [0.4, 0.5) is 0 Å². The van der Waals surface area contributed by atoms with Crippen LogP contribution >= 0.6 is 0 Å². The molecular formula is C16H20N+. The van der Waals surface area contributed by atoms with E-state index in [1.807, 2.05) is 0 Å². The lowest BCUT2D eigenvalue weighted by Crippen LogP contribution is -2.49. The Morgan fingerprint density at radius 1 is 0.765 bits per heavy atom. The van der Waals surface area contributed by atoms with Gasteiger partial charge in [-0.25, -0.2) is 4.57 Å².